The maximum absolute atomic E-state index is 13.7. The van der Waals surface area contributed by atoms with Crippen molar-refractivity contribution in [2.75, 3.05) is 13.1 Å². The number of carbonyl (C=O) groups excluding carboxylic acids is 2. The van der Waals surface area contributed by atoms with E-state index in [4.69, 9.17) is 11.6 Å². The fourth-order valence-corrected chi connectivity index (χ4v) is 3.94. The van der Waals surface area contributed by atoms with E-state index >= 15 is 0 Å². The van der Waals surface area contributed by atoms with Gasteiger partial charge < -0.3 is 10.2 Å². The van der Waals surface area contributed by atoms with E-state index in [1.165, 1.54) is 6.07 Å². The van der Waals surface area contributed by atoms with Crippen molar-refractivity contribution in [1.82, 2.24) is 10.2 Å². The third-order valence-corrected chi connectivity index (χ3v) is 6.21. The third-order valence-electron chi connectivity index (χ3n) is 5.96. The Kier molecular flexibility index (Phi) is 6.81. The van der Waals surface area contributed by atoms with Gasteiger partial charge in [-0.05, 0) is 68.5 Å². The minimum atomic E-state index is -0.658. The maximum Gasteiger partial charge on any atom is 0.232 e. The van der Waals surface area contributed by atoms with Gasteiger partial charge in [-0.25, -0.2) is 4.39 Å². The molecule has 0 atom stereocenters. The monoisotopic (exact) mass is 430 g/mol. The molecule has 1 saturated heterocycles. The standard InChI is InChI=1S/C24H28ClFN2O2/c1-16-4-5-17(14-21(16)26)15-27-22(29)18-10-12-28(13-11-18)23(30)24(2,3)19-6-8-20(25)9-7-19/h4-9,14,18H,10-13,15H2,1-3H3,(H,27,29). The zero-order chi connectivity index (χ0) is 21.9. The maximum atomic E-state index is 13.7. The highest BCUT2D eigenvalue weighted by Gasteiger charge is 2.36. The number of piperidine rings is 1. The van der Waals surface area contributed by atoms with Gasteiger partial charge >= 0.3 is 0 Å². The number of nitrogens with one attached hydrogen (secondary N) is 1. The van der Waals surface area contributed by atoms with Crippen molar-refractivity contribution in [3.63, 3.8) is 0 Å². The fourth-order valence-electron chi connectivity index (χ4n) is 3.81. The van der Waals surface area contributed by atoms with E-state index in [1.807, 2.05) is 36.9 Å². The Morgan fingerprint density at radius 1 is 1.13 bits per heavy atom. The molecular weight excluding hydrogens is 403 g/mol. The van der Waals surface area contributed by atoms with Crippen molar-refractivity contribution < 1.29 is 14.0 Å². The molecule has 1 heterocycles. The van der Waals surface area contributed by atoms with E-state index in [1.54, 1.807) is 25.1 Å². The molecule has 0 radical (unpaired) electrons. The largest absolute Gasteiger partial charge is 0.352 e. The van der Waals surface area contributed by atoms with Crippen LogP contribution in [0.1, 0.15) is 43.4 Å². The molecule has 30 heavy (non-hydrogen) atoms. The summed E-state index contributed by atoms with van der Waals surface area (Å²) in [7, 11) is 0. The highest BCUT2D eigenvalue weighted by Crippen LogP contribution is 2.29. The van der Waals surface area contributed by atoms with Crippen LogP contribution < -0.4 is 5.32 Å². The molecule has 1 N–H and O–H groups in total. The average Bonchev–Trinajstić information content (AvgIpc) is 2.74. The highest BCUT2D eigenvalue weighted by molar-refractivity contribution is 6.30. The van der Waals surface area contributed by atoms with E-state index in [0.29, 0.717) is 43.1 Å². The van der Waals surface area contributed by atoms with Crippen molar-refractivity contribution >= 4 is 23.4 Å². The molecule has 2 aromatic rings. The lowest BCUT2D eigenvalue weighted by atomic mass is 9.82. The van der Waals surface area contributed by atoms with Crippen LogP contribution >= 0.6 is 11.6 Å². The summed E-state index contributed by atoms with van der Waals surface area (Å²) in [6.45, 7) is 6.94. The van der Waals surface area contributed by atoms with E-state index in [0.717, 1.165) is 11.1 Å². The van der Waals surface area contributed by atoms with Crippen LogP contribution in [0.25, 0.3) is 0 Å². The first-order chi connectivity index (χ1) is 14.2. The lowest BCUT2D eigenvalue weighted by molar-refractivity contribution is -0.139. The van der Waals surface area contributed by atoms with E-state index in [2.05, 4.69) is 5.32 Å². The van der Waals surface area contributed by atoms with Crippen LogP contribution in [0, 0.1) is 18.7 Å². The van der Waals surface area contributed by atoms with E-state index < -0.39 is 5.41 Å². The van der Waals surface area contributed by atoms with Crippen LogP contribution in [0.2, 0.25) is 5.02 Å². The van der Waals surface area contributed by atoms with Gasteiger partial charge in [0, 0.05) is 30.6 Å². The normalized spacial score (nSPS) is 15.2. The number of rotatable bonds is 5. The summed E-state index contributed by atoms with van der Waals surface area (Å²) in [5.74, 6) is -0.390. The Morgan fingerprint density at radius 3 is 2.37 bits per heavy atom. The minimum absolute atomic E-state index is 0.0416. The van der Waals surface area contributed by atoms with Crippen molar-refractivity contribution in [2.45, 2.75) is 45.6 Å². The summed E-state index contributed by atoms with van der Waals surface area (Å²) in [6.07, 6.45) is 1.24. The van der Waals surface area contributed by atoms with Gasteiger partial charge in [0.2, 0.25) is 11.8 Å². The molecule has 0 aromatic heterocycles. The second-order valence-corrected chi connectivity index (χ2v) is 8.94. The topological polar surface area (TPSA) is 49.4 Å². The quantitative estimate of drug-likeness (QED) is 0.752. The molecule has 160 valence electrons. The summed E-state index contributed by atoms with van der Waals surface area (Å²) in [5.41, 5.74) is 1.59. The number of nitrogens with zero attached hydrogens (tertiary/aromatic N) is 1. The van der Waals surface area contributed by atoms with Gasteiger partial charge in [-0.15, -0.1) is 0 Å². The van der Waals surface area contributed by atoms with Gasteiger partial charge in [0.15, 0.2) is 0 Å². The lowest BCUT2D eigenvalue weighted by Gasteiger charge is -2.37. The number of aryl methyl sites for hydroxylation is 1. The van der Waals surface area contributed by atoms with Crippen LogP contribution in [0.4, 0.5) is 4.39 Å². The van der Waals surface area contributed by atoms with Crippen molar-refractivity contribution in [2.24, 2.45) is 5.92 Å². The molecule has 1 aliphatic rings. The first-order valence-corrected chi connectivity index (χ1v) is 10.6. The molecule has 1 aliphatic heterocycles. The Hall–Kier alpha value is -2.40. The lowest BCUT2D eigenvalue weighted by Crippen LogP contribution is -2.48. The average molecular weight is 431 g/mol. The Bertz CT molecular complexity index is 919. The molecule has 6 heteroatoms. The number of halogens is 2. The predicted molar refractivity (Wildman–Crippen MR) is 117 cm³/mol. The number of amides is 2. The zero-order valence-corrected chi connectivity index (χ0v) is 18.4. The third kappa shape index (κ3) is 5.01. The molecule has 3 rings (SSSR count). The second kappa shape index (κ2) is 9.17. The van der Waals surface area contributed by atoms with Crippen LogP contribution in [0.3, 0.4) is 0 Å². The highest BCUT2D eigenvalue weighted by atomic mass is 35.5. The summed E-state index contributed by atoms with van der Waals surface area (Å²) >= 11 is 5.96. The predicted octanol–water partition coefficient (Wildman–Crippen LogP) is 4.62. The summed E-state index contributed by atoms with van der Waals surface area (Å²) in [4.78, 5) is 27.5. The smallest absolute Gasteiger partial charge is 0.232 e. The molecule has 0 aliphatic carbocycles. The summed E-state index contributed by atoms with van der Waals surface area (Å²) in [5, 5.41) is 3.54. The molecule has 0 saturated carbocycles. The van der Waals surface area contributed by atoms with Crippen molar-refractivity contribution in [3.05, 3.63) is 70.0 Å². The first-order valence-electron chi connectivity index (χ1n) is 10.3. The van der Waals surface area contributed by atoms with Gasteiger partial charge in [-0.2, -0.15) is 0 Å². The van der Waals surface area contributed by atoms with Crippen molar-refractivity contribution in [3.8, 4) is 0 Å². The number of likely N-dealkylation sites (tertiary alicyclic amines) is 1. The van der Waals surface area contributed by atoms with Gasteiger partial charge in [0.1, 0.15) is 5.82 Å². The number of benzene rings is 2. The van der Waals surface area contributed by atoms with E-state index in [-0.39, 0.29) is 23.5 Å². The molecule has 1 fully saturated rings. The molecule has 2 aromatic carbocycles. The Labute approximate surface area is 182 Å². The summed E-state index contributed by atoms with van der Waals surface area (Å²) < 4.78 is 13.7. The minimum Gasteiger partial charge on any atom is -0.352 e. The Morgan fingerprint density at radius 2 is 1.77 bits per heavy atom. The van der Waals surface area contributed by atoms with Crippen LogP contribution in [-0.4, -0.2) is 29.8 Å². The fraction of sp³-hybridized carbons (Fsp3) is 0.417. The first kappa shape index (κ1) is 22.3. The number of hydrogen-bond acceptors (Lipinski definition) is 2. The van der Waals surface area contributed by atoms with Crippen LogP contribution in [-0.2, 0) is 21.5 Å². The molecule has 4 nitrogen and oxygen atoms in total. The number of carbonyl (C=O) groups is 2. The zero-order valence-electron chi connectivity index (χ0n) is 17.7. The molecule has 0 spiro atoms. The molecule has 2 amide bonds. The SMILES string of the molecule is Cc1ccc(CNC(=O)C2CCN(C(=O)C(C)(C)c3ccc(Cl)cc3)CC2)cc1F. The van der Waals surface area contributed by atoms with Crippen LogP contribution in [0.15, 0.2) is 42.5 Å². The van der Waals surface area contributed by atoms with Crippen molar-refractivity contribution in [1.29, 1.82) is 0 Å². The van der Waals surface area contributed by atoms with Crippen LogP contribution in [0.5, 0.6) is 0 Å². The molecular formula is C24H28ClFN2O2. The van der Waals surface area contributed by atoms with Gasteiger partial charge in [0.05, 0.1) is 5.41 Å². The molecule has 0 bridgehead atoms. The van der Waals surface area contributed by atoms with Gasteiger partial charge in [-0.3, -0.25) is 9.59 Å². The van der Waals surface area contributed by atoms with Gasteiger partial charge in [-0.1, -0.05) is 35.9 Å². The number of hydrogen-bond donors (Lipinski definition) is 1. The van der Waals surface area contributed by atoms with Gasteiger partial charge in [0.25, 0.3) is 0 Å². The Balaban J connectivity index is 1.53. The van der Waals surface area contributed by atoms with E-state index in [9.17, 15) is 14.0 Å². The second-order valence-electron chi connectivity index (χ2n) is 8.50. The molecule has 0 unspecified atom stereocenters. The summed E-state index contributed by atoms with van der Waals surface area (Å²) in [6, 6.07) is 12.3.